The van der Waals surface area contributed by atoms with Gasteiger partial charge < -0.3 is 15.3 Å². The molecule has 1 saturated heterocycles. The highest BCUT2D eigenvalue weighted by Gasteiger charge is 2.26. The second-order valence-electron chi connectivity index (χ2n) is 6.30. The normalized spacial score (nSPS) is 16.3. The third-order valence-corrected chi connectivity index (χ3v) is 4.89. The number of aromatic hydroxyl groups is 1. The van der Waals surface area contributed by atoms with Crippen LogP contribution in [0, 0.1) is 5.82 Å². The van der Waals surface area contributed by atoms with Crippen LogP contribution in [-0.4, -0.2) is 48.1 Å². The molecule has 0 aliphatic carbocycles. The van der Waals surface area contributed by atoms with Gasteiger partial charge in [-0.05, 0) is 37.3 Å². The predicted octanol–water partition coefficient (Wildman–Crippen LogP) is 3.33. The quantitative estimate of drug-likeness (QED) is 0.858. The van der Waals surface area contributed by atoms with E-state index in [1.54, 1.807) is 19.1 Å². The fourth-order valence-electron chi connectivity index (χ4n) is 3.08. The van der Waals surface area contributed by atoms with Crippen LogP contribution in [0.15, 0.2) is 42.5 Å². The minimum Gasteiger partial charge on any atom is -0.506 e. The molecule has 1 amide bonds. The molecule has 0 saturated carbocycles. The topological polar surface area (TPSA) is 55.8 Å². The fraction of sp³-hybridized carbons (Fsp3) is 0.316. The number of phenols is 1. The van der Waals surface area contributed by atoms with Crippen LogP contribution in [0.25, 0.3) is 0 Å². The maximum Gasteiger partial charge on any atom is 0.241 e. The van der Waals surface area contributed by atoms with Gasteiger partial charge in [0, 0.05) is 31.2 Å². The number of hydrogen-bond donors (Lipinski definition) is 2. The molecule has 0 spiro atoms. The van der Waals surface area contributed by atoms with Gasteiger partial charge in [-0.2, -0.15) is 0 Å². The molecule has 1 fully saturated rings. The van der Waals surface area contributed by atoms with E-state index < -0.39 is 11.9 Å². The molecule has 1 atom stereocenters. The number of carbonyl (C=O) groups is 1. The number of para-hydroxylation sites is 2. The summed E-state index contributed by atoms with van der Waals surface area (Å²) < 4.78 is 13.8. The summed E-state index contributed by atoms with van der Waals surface area (Å²) in [5.41, 5.74) is 0.882. The van der Waals surface area contributed by atoms with E-state index in [0.717, 1.165) is 5.69 Å². The Morgan fingerprint density at radius 1 is 1.19 bits per heavy atom. The average Bonchev–Trinajstić information content (AvgIpc) is 2.64. The molecule has 3 rings (SSSR count). The summed E-state index contributed by atoms with van der Waals surface area (Å²) in [7, 11) is 0. The van der Waals surface area contributed by atoms with Gasteiger partial charge >= 0.3 is 0 Å². The Morgan fingerprint density at radius 3 is 2.58 bits per heavy atom. The zero-order valence-electron chi connectivity index (χ0n) is 14.5. The minimum atomic E-state index is -0.515. The van der Waals surface area contributed by atoms with Crippen LogP contribution in [0.5, 0.6) is 5.75 Å². The second kappa shape index (κ2) is 7.93. The van der Waals surface area contributed by atoms with E-state index in [1.807, 2.05) is 17.0 Å². The molecule has 26 heavy (non-hydrogen) atoms. The van der Waals surface area contributed by atoms with Crippen LogP contribution in [0.4, 0.5) is 15.8 Å². The lowest BCUT2D eigenvalue weighted by Gasteiger charge is -2.38. The van der Waals surface area contributed by atoms with Crippen LogP contribution in [0.1, 0.15) is 6.92 Å². The van der Waals surface area contributed by atoms with Crippen molar-refractivity contribution in [2.45, 2.75) is 13.0 Å². The van der Waals surface area contributed by atoms with Crippen molar-refractivity contribution in [1.82, 2.24) is 4.90 Å². The molecular formula is C19H21ClFN3O2. The molecule has 0 bridgehead atoms. The highest BCUT2D eigenvalue weighted by atomic mass is 35.5. The van der Waals surface area contributed by atoms with Crippen molar-refractivity contribution in [2.75, 3.05) is 36.4 Å². The van der Waals surface area contributed by atoms with Crippen LogP contribution in [0.2, 0.25) is 5.02 Å². The Kier molecular flexibility index (Phi) is 5.64. The van der Waals surface area contributed by atoms with Gasteiger partial charge in [0.2, 0.25) is 5.91 Å². The first kappa shape index (κ1) is 18.5. The SMILES string of the molecule is CC(C(=O)Nc1cc(Cl)ccc1F)N1CCN(c2ccccc2O)CC1. The van der Waals surface area contributed by atoms with E-state index in [1.165, 1.54) is 18.2 Å². The molecule has 5 nitrogen and oxygen atoms in total. The van der Waals surface area contributed by atoms with E-state index in [-0.39, 0.29) is 17.3 Å². The van der Waals surface area contributed by atoms with Crippen molar-refractivity contribution in [3.63, 3.8) is 0 Å². The Hall–Kier alpha value is -2.31. The number of phenolic OH excluding ortho intramolecular Hbond substituents is 1. The third kappa shape index (κ3) is 4.08. The number of hydrogen-bond acceptors (Lipinski definition) is 4. The molecule has 1 heterocycles. The van der Waals surface area contributed by atoms with E-state index in [2.05, 4.69) is 10.2 Å². The summed E-state index contributed by atoms with van der Waals surface area (Å²) in [6.45, 7) is 4.52. The van der Waals surface area contributed by atoms with Gasteiger partial charge in [-0.1, -0.05) is 23.7 Å². The Morgan fingerprint density at radius 2 is 1.88 bits per heavy atom. The van der Waals surface area contributed by atoms with Crippen molar-refractivity contribution in [1.29, 1.82) is 0 Å². The first-order chi connectivity index (χ1) is 12.5. The molecule has 0 radical (unpaired) electrons. The van der Waals surface area contributed by atoms with Gasteiger partial charge in [0.1, 0.15) is 11.6 Å². The first-order valence-corrected chi connectivity index (χ1v) is 8.86. The zero-order chi connectivity index (χ0) is 18.7. The number of anilines is 2. The van der Waals surface area contributed by atoms with Crippen LogP contribution < -0.4 is 10.2 Å². The Balaban J connectivity index is 1.59. The highest BCUT2D eigenvalue weighted by Crippen LogP contribution is 2.27. The Bertz CT molecular complexity index is 794. The second-order valence-corrected chi connectivity index (χ2v) is 6.74. The number of piperazine rings is 1. The molecule has 138 valence electrons. The number of nitrogens with one attached hydrogen (secondary N) is 1. The summed E-state index contributed by atoms with van der Waals surface area (Å²) in [4.78, 5) is 16.6. The van der Waals surface area contributed by atoms with Gasteiger partial charge in [0.15, 0.2) is 0 Å². The van der Waals surface area contributed by atoms with Crippen molar-refractivity contribution >= 4 is 28.9 Å². The number of halogens is 2. The fourth-order valence-corrected chi connectivity index (χ4v) is 3.25. The number of amides is 1. The molecule has 2 aromatic rings. The Labute approximate surface area is 157 Å². The van der Waals surface area contributed by atoms with Crippen molar-refractivity contribution in [3.8, 4) is 5.75 Å². The molecular weight excluding hydrogens is 357 g/mol. The lowest BCUT2D eigenvalue weighted by molar-refractivity contribution is -0.120. The standard InChI is InChI=1S/C19H21ClFN3O2/c1-13(19(26)22-16-12-14(20)6-7-15(16)21)23-8-10-24(11-9-23)17-4-2-3-5-18(17)25/h2-7,12-13,25H,8-11H2,1H3,(H,22,26). The third-order valence-electron chi connectivity index (χ3n) is 4.65. The largest absolute Gasteiger partial charge is 0.506 e. The van der Waals surface area contributed by atoms with Gasteiger partial charge in [-0.3, -0.25) is 9.69 Å². The molecule has 0 aromatic heterocycles. The predicted molar refractivity (Wildman–Crippen MR) is 101 cm³/mol. The monoisotopic (exact) mass is 377 g/mol. The van der Waals surface area contributed by atoms with Crippen molar-refractivity contribution < 1.29 is 14.3 Å². The average molecular weight is 378 g/mol. The molecule has 2 N–H and O–H groups in total. The van der Waals surface area contributed by atoms with Crippen molar-refractivity contribution in [2.24, 2.45) is 0 Å². The summed E-state index contributed by atoms with van der Waals surface area (Å²) in [5.74, 6) is -0.537. The summed E-state index contributed by atoms with van der Waals surface area (Å²) in [5, 5.41) is 12.9. The number of benzene rings is 2. The summed E-state index contributed by atoms with van der Waals surface area (Å²) in [6, 6.07) is 10.9. The van der Waals surface area contributed by atoms with Gasteiger partial charge in [-0.15, -0.1) is 0 Å². The van der Waals surface area contributed by atoms with Gasteiger partial charge in [0.05, 0.1) is 17.4 Å². The lowest BCUT2D eigenvalue weighted by atomic mass is 10.2. The number of nitrogens with zero attached hydrogens (tertiary/aromatic N) is 2. The zero-order valence-corrected chi connectivity index (χ0v) is 15.2. The maximum absolute atomic E-state index is 13.8. The van der Waals surface area contributed by atoms with Crippen LogP contribution >= 0.6 is 11.6 Å². The summed E-state index contributed by atoms with van der Waals surface area (Å²) in [6.07, 6.45) is 0. The minimum absolute atomic E-state index is 0.0854. The van der Waals surface area contributed by atoms with E-state index in [0.29, 0.717) is 31.2 Å². The van der Waals surface area contributed by atoms with Crippen LogP contribution in [0.3, 0.4) is 0 Å². The lowest BCUT2D eigenvalue weighted by Crippen LogP contribution is -2.52. The highest BCUT2D eigenvalue weighted by molar-refractivity contribution is 6.30. The van der Waals surface area contributed by atoms with Gasteiger partial charge in [-0.25, -0.2) is 4.39 Å². The molecule has 1 aliphatic heterocycles. The molecule has 1 unspecified atom stereocenters. The number of carbonyl (C=O) groups excluding carboxylic acids is 1. The van der Waals surface area contributed by atoms with E-state index >= 15 is 0 Å². The molecule has 2 aromatic carbocycles. The van der Waals surface area contributed by atoms with Crippen molar-refractivity contribution in [3.05, 3.63) is 53.3 Å². The summed E-state index contributed by atoms with van der Waals surface area (Å²) >= 11 is 5.86. The van der Waals surface area contributed by atoms with E-state index in [9.17, 15) is 14.3 Å². The molecule has 1 aliphatic rings. The maximum atomic E-state index is 13.8. The molecule has 7 heteroatoms. The van der Waals surface area contributed by atoms with E-state index in [4.69, 9.17) is 11.6 Å². The smallest absolute Gasteiger partial charge is 0.241 e. The van der Waals surface area contributed by atoms with Crippen LogP contribution in [-0.2, 0) is 4.79 Å². The first-order valence-electron chi connectivity index (χ1n) is 8.48. The van der Waals surface area contributed by atoms with Gasteiger partial charge in [0.25, 0.3) is 0 Å². The number of rotatable bonds is 4.